The number of rotatable bonds is 9. The lowest BCUT2D eigenvalue weighted by Crippen LogP contribution is -2.15. The molecule has 0 aliphatic rings. The smallest absolute Gasteiger partial charge is 0.236 e. The molecule has 0 saturated carbocycles. The number of aryl methyl sites for hydroxylation is 1. The third-order valence-corrected chi connectivity index (χ3v) is 5.84. The van der Waals surface area contributed by atoms with Crippen molar-refractivity contribution >= 4 is 34.1 Å². The van der Waals surface area contributed by atoms with Crippen molar-refractivity contribution in [2.75, 3.05) is 18.2 Å². The van der Waals surface area contributed by atoms with Crippen molar-refractivity contribution in [1.82, 2.24) is 19.7 Å². The van der Waals surface area contributed by atoms with Gasteiger partial charge in [-0.3, -0.25) is 4.79 Å². The van der Waals surface area contributed by atoms with Gasteiger partial charge in [0.25, 0.3) is 0 Å². The molecule has 1 aromatic carbocycles. The molecule has 1 N–H and O–H groups in total. The largest absolute Gasteiger partial charge is 0.493 e. The number of thiazole rings is 1. The summed E-state index contributed by atoms with van der Waals surface area (Å²) in [5, 5.41) is 14.5. The molecule has 0 radical (unpaired) electrons. The first kappa shape index (κ1) is 21.1. The summed E-state index contributed by atoms with van der Waals surface area (Å²) < 4.78 is 13.3. The van der Waals surface area contributed by atoms with Crippen LogP contribution in [0.5, 0.6) is 11.5 Å². The van der Waals surface area contributed by atoms with Crippen LogP contribution in [0.25, 0.3) is 0 Å². The Balaban J connectivity index is 1.65. The second-order valence-electron chi connectivity index (χ2n) is 6.13. The lowest BCUT2D eigenvalue weighted by atomic mass is 10.3. The molecular formula is C19H23N5O3S2. The summed E-state index contributed by atoms with van der Waals surface area (Å²) >= 11 is 2.74. The van der Waals surface area contributed by atoms with Gasteiger partial charge >= 0.3 is 0 Å². The number of methoxy groups -OCH3 is 1. The minimum atomic E-state index is -0.333. The van der Waals surface area contributed by atoms with E-state index in [-0.39, 0.29) is 17.8 Å². The minimum absolute atomic E-state index is 0.130. The summed E-state index contributed by atoms with van der Waals surface area (Å²) in [7, 11) is 1.61. The molecule has 1 atom stereocenters. The Morgan fingerprint density at radius 2 is 2.07 bits per heavy atom. The predicted octanol–water partition coefficient (Wildman–Crippen LogP) is 3.94. The zero-order valence-corrected chi connectivity index (χ0v) is 18.3. The maximum absolute atomic E-state index is 12.2. The van der Waals surface area contributed by atoms with Gasteiger partial charge in [0.2, 0.25) is 5.91 Å². The molecule has 0 bridgehead atoms. The van der Waals surface area contributed by atoms with E-state index in [9.17, 15) is 4.79 Å². The van der Waals surface area contributed by atoms with Gasteiger partial charge in [-0.2, -0.15) is 0 Å². The van der Waals surface area contributed by atoms with E-state index in [1.807, 2.05) is 55.0 Å². The van der Waals surface area contributed by atoms with Crippen LogP contribution in [0, 0.1) is 6.92 Å². The van der Waals surface area contributed by atoms with Crippen LogP contribution in [0.15, 0.2) is 34.8 Å². The Kier molecular flexibility index (Phi) is 7.10. The van der Waals surface area contributed by atoms with Crippen LogP contribution in [0.3, 0.4) is 0 Å². The highest BCUT2D eigenvalue weighted by Gasteiger charge is 2.20. The lowest BCUT2D eigenvalue weighted by Gasteiger charge is -2.17. The van der Waals surface area contributed by atoms with Gasteiger partial charge in [0.1, 0.15) is 0 Å². The molecule has 1 amide bonds. The summed E-state index contributed by atoms with van der Waals surface area (Å²) in [5.74, 6) is 2.08. The van der Waals surface area contributed by atoms with Gasteiger partial charge in [-0.15, -0.1) is 21.5 Å². The minimum Gasteiger partial charge on any atom is -0.493 e. The number of nitrogens with zero attached hydrogens (tertiary/aromatic N) is 4. The van der Waals surface area contributed by atoms with E-state index in [0.717, 1.165) is 5.69 Å². The highest BCUT2D eigenvalue weighted by molar-refractivity contribution is 7.99. The molecule has 2 aromatic heterocycles. The SMILES string of the molecule is CCn1c(SCC(=O)Nc2nc(C)cs2)nnc1C(C)Oc1ccccc1OC. The van der Waals surface area contributed by atoms with E-state index in [1.54, 1.807) is 7.11 Å². The Morgan fingerprint density at radius 3 is 2.72 bits per heavy atom. The van der Waals surface area contributed by atoms with E-state index in [4.69, 9.17) is 9.47 Å². The predicted molar refractivity (Wildman–Crippen MR) is 114 cm³/mol. The second kappa shape index (κ2) is 9.75. The van der Waals surface area contributed by atoms with E-state index in [2.05, 4.69) is 20.5 Å². The Hall–Kier alpha value is -2.59. The summed E-state index contributed by atoms with van der Waals surface area (Å²) in [5.41, 5.74) is 0.886. The average molecular weight is 434 g/mol. The standard InChI is InChI=1S/C19H23N5O3S2/c1-5-24-17(13(3)27-15-9-7-6-8-14(15)26-4)22-23-19(24)29-11-16(25)21-18-20-12(2)10-28-18/h6-10,13H,5,11H2,1-4H3,(H,20,21,25). The van der Waals surface area contributed by atoms with Gasteiger partial charge in [0.15, 0.2) is 33.7 Å². The molecule has 10 heteroatoms. The topological polar surface area (TPSA) is 91.2 Å². The van der Waals surface area contributed by atoms with Crippen LogP contribution in [0.4, 0.5) is 5.13 Å². The molecule has 0 spiro atoms. The number of anilines is 1. The molecule has 1 unspecified atom stereocenters. The van der Waals surface area contributed by atoms with Crippen molar-refractivity contribution in [2.45, 2.75) is 38.6 Å². The van der Waals surface area contributed by atoms with E-state index < -0.39 is 0 Å². The van der Waals surface area contributed by atoms with Gasteiger partial charge in [0.05, 0.1) is 18.6 Å². The number of hydrogen-bond donors (Lipinski definition) is 1. The average Bonchev–Trinajstić information content (AvgIpc) is 3.32. The van der Waals surface area contributed by atoms with Crippen LogP contribution in [-0.2, 0) is 11.3 Å². The Labute approximate surface area is 177 Å². The number of benzene rings is 1. The number of nitrogens with one attached hydrogen (secondary N) is 1. The van der Waals surface area contributed by atoms with Gasteiger partial charge in [-0.05, 0) is 32.9 Å². The number of hydrogen-bond acceptors (Lipinski definition) is 8. The fourth-order valence-corrected chi connectivity index (χ4v) is 4.17. The highest BCUT2D eigenvalue weighted by atomic mass is 32.2. The summed E-state index contributed by atoms with van der Waals surface area (Å²) in [6, 6.07) is 7.47. The molecule has 154 valence electrons. The summed E-state index contributed by atoms with van der Waals surface area (Å²) in [4.78, 5) is 16.4. The zero-order chi connectivity index (χ0) is 20.8. The number of para-hydroxylation sites is 2. The van der Waals surface area contributed by atoms with E-state index in [0.29, 0.717) is 34.2 Å². The summed E-state index contributed by atoms with van der Waals surface area (Å²) in [6.07, 6.45) is -0.333. The number of carbonyl (C=O) groups is 1. The summed E-state index contributed by atoms with van der Waals surface area (Å²) in [6.45, 7) is 6.47. The maximum Gasteiger partial charge on any atom is 0.236 e. The third kappa shape index (κ3) is 5.27. The van der Waals surface area contributed by atoms with E-state index >= 15 is 0 Å². The van der Waals surface area contributed by atoms with Gasteiger partial charge in [-0.25, -0.2) is 4.98 Å². The van der Waals surface area contributed by atoms with E-state index in [1.165, 1.54) is 23.1 Å². The molecule has 3 rings (SSSR count). The van der Waals surface area contributed by atoms with Crippen molar-refractivity contribution in [3.63, 3.8) is 0 Å². The lowest BCUT2D eigenvalue weighted by molar-refractivity contribution is -0.113. The molecule has 0 aliphatic heterocycles. The molecule has 29 heavy (non-hydrogen) atoms. The molecule has 0 aliphatic carbocycles. The monoisotopic (exact) mass is 433 g/mol. The van der Waals surface area contributed by atoms with Crippen LogP contribution in [0.1, 0.15) is 31.5 Å². The highest BCUT2D eigenvalue weighted by Crippen LogP contribution is 2.31. The first-order chi connectivity index (χ1) is 14.0. The number of carbonyl (C=O) groups excluding carboxylic acids is 1. The first-order valence-electron chi connectivity index (χ1n) is 9.09. The van der Waals surface area contributed by atoms with Crippen LogP contribution < -0.4 is 14.8 Å². The Bertz CT molecular complexity index is 972. The maximum atomic E-state index is 12.2. The van der Waals surface area contributed by atoms with Crippen molar-refractivity contribution in [2.24, 2.45) is 0 Å². The molecule has 3 aromatic rings. The number of amides is 1. The first-order valence-corrected chi connectivity index (χ1v) is 11.0. The van der Waals surface area contributed by atoms with Crippen LogP contribution in [0.2, 0.25) is 0 Å². The Morgan fingerprint density at radius 1 is 1.31 bits per heavy atom. The van der Waals surface area contributed by atoms with Gasteiger partial charge in [-0.1, -0.05) is 23.9 Å². The number of aromatic nitrogens is 4. The molecule has 8 nitrogen and oxygen atoms in total. The number of ether oxygens (including phenoxy) is 2. The van der Waals surface area contributed by atoms with Crippen LogP contribution in [-0.4, -0.2) is 38.5 Å². The van der Waals surface area contributed by atoms with Crippen molar-refractivity contribution < 1.29 is 14.3 Å². The quantitative estimate of drug-likeness (QED) is 0.511. The van der Waals surface area contributed by atoms with Crippen molar-refractivity contribution in [3.8, 4) is 11.5 Å². The molecule has 0 fully saturated rings. The fourth-order valence-electron chi connectivity index (χ4n) is 2.66. The van der Waals surface area contributed by atoms with Gasteiger partial charge < -0.3 is 19.4 Å². The fraction of sp³-hybridized carbons (Fsp3) is 0.368. The zero-order valence-electron chi connectivity index (χ0n) is 16.7. The van der Waals surface area contributed by atoms with Crippen molar-refractivity contribution in [1.29, 1.82) is 0 Å². The molecule has 0 saturated heterocycles. The van der Waals surface area contributed by atoms with Crippen molar-refractivity contribution in [3.05, 3.63) is 41.2 Å². The van der Waals surface area contributed by atoms with Gasteiger partial charge in [0, 0.05) is 11.9 Å². The van der Waals surface area contributed by atoms with Crippen LogP contribution >= 0.6 is 23.1 Å². The molecular weight excluding hydrogens is 410 g/mol. The number of thioether (sulfide) groups is 1. The second-order valence-corrected chi connectivity index (χ2v) is 7.93. The molecule has 2 heterocycles. The third-order valence-electron chi connectivity index (χ3n) is 4.00. The normalized spacial score (nSPS) is 11.9.